The number of fused-ring (bicyclic) bond motifs is 1. The van der Waals surface area contributed by atoms with Crippen LogP contribution in [0.5, 0.6) is 0 Å². The van der Waals surface area contributed by atoms with Gasteiger partial charge in [0.2, 0.25) is 0 Å². The Morgan fingerprint density at radius 1 is 1.22 bits per heavy atom. The zero-order chi connectivity index (χ0) is 19.0. The first-order valence-electron chi connectivity index (χ1n) is 9.85. The number of nitrogens with two attached hydrogens (primary N) is 1. The van der Waals surface area contributed by atoms with Gasteiger partial charge in [0.25, 0.3) is 0 Å². The van der Waals surface area contributed by atoms with Crippen molar-refractivity contribution in [2.45, 2.75) is 38.3 Å². The highest BCUT2D eigenvalue weighted by Gasteiger charge is 2.35. The highest BCUT2D eigenvalue weighted by molar-refractivity contribution is 5.87. The minimum atomic E-state index is 0.154. The van der Waals surface area contributed by atoms with Crippen LogP contribution in [0.1, 0.15) is 26.2 Å². The molecule has 2 fully saturated rings. The highest BCUT2D eigenvalue weighted by atomic mass is 16.2. The van der Waals surface area contributed by atoms with Crippen LogP contribution < -0.4 is 10.6 Å². The van der Waals surface area contributed by atoms with E-state index < -0.39 is 0 Å². The quantitative estimate of drug-likeness (QED) is 0.837. The first kappa shape index (κ1) is 18.0. The molecular formula is C19H29N7O. The second-order valence-corrected chi connectivity index (χ2v) is 7.93. The van der Waals surface area contributed by atoms with E-state index in [1.807, 2.05) is 22.1 Å². The maximum Gasteiger partial charge on any atom is 0.320 e. The van der Waals surface area contributed by atoms with Gasteiger partial charge in [-0.1, -0.05) is 6.92 Å². The van der Waals surface area contributed by atoms with Gasteiger partial charge in [0.1, 0.15) is 17.8 Å². The number of hydrogen-bond acceptors (Lipinski definition) is 5. The fourth-order valence-corrected chi connectivity index (χ4v) is 4.31. The van der Waals surface area contributed by atoms with Crippen molar-refractivity contribution in [2.75, 3.05) is 38.1 Å². The summed E-state index contributed by atoms with van der Waals surface area (Å²) in [4.78, 5) is 31.1. The molecule has 27 heavy (non-hydrogen) atoms. The molecule has 2 amide bonds. The molecule has 4 heterocycles. The minimum Gasteiger partial charge on any atom is -0.354 e. The van der Waals surface area contributed by atoms with Gasteiger partial charge in [0, 0.05) is 45.5 Å². The van der Waals surface area contributed by atoms with E-state index in [-0.39, 0.29) is 18.1 Å². The highest BCUT2D eigenvalue weighted by Crippen LogP contribution is 2.29. The Morgan fingerprint density at radius 3 is 2.74 bits per heavy atom. The molecule has 2 saturated heterocycles. The fourth-order valence-electron chi connectivity index (χ4n) is 4.31. The molecule has 2 aliphatic rings. The van der Waals surface area contributed by atoms with Crippen LogP contribution in [0.15, 0.2) is 18.6 Å². The zero-order valence-electron chi connectivity index (χ0n) is 16.1. The number of carbonyl (C=O) groups is 1. The molecule has 2 unspecified atom stereocenters. The van der Waals surface area contributed by atoms with E-state index in [0.717, 1.165) is 62.3 Å². The molecule has 8 nitrogen and oxygen atoms in total. The van der Waals surface area contributed by atoms with Crippen molar-refractivity contribution >= 4 is 22.9 Å². The molecule has 0 radical (unpaired) electrons. The van der Waals surface area contributed by atoms with Crippen LogP contribution in [0.25, 0.3) is 11.0 Å². The lowest BCUT2D eigenvalue weighted by molar-refractivity contribution is 0.117. The van der Waals surface area contributed by atoms with Gasteiger partial charge in [-0.2, -0.15) is 0 Å². The van der Waals surface area contributed by atoms with Gasteiger partial charge >= 0.3 is 6.03 Å². The van der Waals surface area contributed by atoms with Crippen LogP contribution in [0.4, 0.5) is 10.6 Å². The molecule has 146 valence electrons. The number of H-pyrrole nitrogens is 1. The maximum absolute atomic E-state index is 13.0. The summed E-state index contributed by atoms with van der Waals surface area (Å²) in [6, 6.07) is 2.62. The summed E-state index contributed by atoms with van der Waals surface area (Å²) < 4.78 is 0. The molecular weight excluding hydrogens is 342 g/mol. The summed E-state index contributed by atoms with van der Waals surface area (Å²) in [6.45, 7) is 5.33. The summed E-state index contributed by atoms with van der Waals surface area (Å²) in [5.41, 5.74) is 6.82. The monoisotopic (exact) mass is 371 g/mol. The van der Waals surface area contributed by atoms with Crippen LogP contribution in [-0.4, -0.2) is 76.1 Å². The van der Waals surface area contributed by atoms with Crippen molar-refractivity contribution in [1.29, 1.82) is 0 Å². The number of likely N-dealkylation sites (N-methyl/N-ethyl adjacent to an activating group) is 1. The Bertz CT molecular complexity index is 798. The van der Waals surface area contributed by atoms with Crippen molar-refractivity contribution in [3.63, 3.8) is 0 Å². The molecule has 2 aliphatic heterocycles. The number of likely N-dealkylation sites (tertiary alicyclic amines) is 2. The molecule has 4 rings (SSSR count). The summed E-state index contributed by atoms with van der Waals surface area (Å²) in [5, 5.41) is 1.01. The molecule has 0 aliphatic carbocycles. The normalized spacial score (nSPS) is 24.4. The largest absolute Gasteiger partial charge is 0.354 e. The van der Waals surface area contributed by atoms with Gasteiger partial charge in [-0.15, -0.1) is 0 Å². The number of aromatic amines is 1. The van der Waals surface area contributed by atoms with E-state index in [4.69, 9.17) is 5.73 Å². The Hall–Kier alpha value is -2.35. The van der Waals surface area contributed by atoms with Crippen molar-refractivity contribution < 1.29 is 4.79 Å². The van der Waals surface area contributed by atoms with Crippen LogP contribution in [-0.2, 0) is 0 Å². The number of urea groups is 1. The standard InChI is InChI=1S/C19H29N7O/c1-13-4-8-26(19(27)25-9-5-14(20)6-10-25)11-16(13)24(2)18-15-3-7-21-17(15)22-12-23-18/h3,7,12-14,16H,4-6,8-11,20H2,1-2H3,(H,21,22,23). The number of nitrogens with zero attached hydrogens (tertiary/aromatic N) is 5. The molecule has 0 saturated carbocycles. The second kappa shape index (κ2) is 7.34. The number of carbonyl (C=O) groups excluding carboxylic acids is 1. The molecule has 2 aromatic heterocycles. The van der Waals surface area contributed by atoms with E-state index in [0.29, 0.717) is 5.92 Å². The maximum atomic E-state index is 13.0. The smallest absolute Gasteiger partial charge is 0.320 e. The molecule has 2 atom stereocenters. The van der Waals surface area contributed by atoms with E-state index >= 15 is 0 Å². The van der Waals surface area contributed by atoms with Crippen LogP contribution in [0, 0.1) is 5.92 Å². The first-order valence-corrected chi connectivity index (χ1v) is 9.85. The third kappa shape index (κ3) is 3.45. The predicted molar refractivity (Wildman–Crippen MR) is 106 cm³/mol. The van der Waals surface area contributed by atoms with Crippen LogP contribution >= 0.6 is 0 Å². The fraction of sp³-hybridized carbons (Fsp3) is 0.632. The number of anilines is 1. The van der Waals surface area contributed by atoms with Gasteiger partial charge in [-0.25, -0.2) is 14.8 Å². The van der Waals surface area contributed by atoms with Gasteiger partial charge in [0.05, 0.1) is 11.4 Å². The summed E-state index contributed by atoms with van der Waals surface area (Å²) in [7, 11) is 2.07. The lowest BCUT2D eigenvalue weighted by Gasteiger charge is -2.44. The third-order valence-electron chi connectivity index (χ3n) is 6.16. The van der Waals surface area contributed by atoms with Gasteiger partial charge < -0.3 is 25.4 Å². The Balaban J connectivity index is 1.50. The first-order chi connectivity index (χ1) is 13.0. The predicted octanol–water partition coefficient (Wildman–Crippen LogP) is 1.65. The lowest BCUT2D eigenvalue weighted by Crippen LogP contribution is -2.57. The summed E-state index contributed by atoms with van der Waals surface area (Å²) in [6.07, 6.45) is 6.27. The van der Waals surface area contributed by atoms with Crippen molar-refractivity contribution in [2.24, 2.45) is 11.7 Å². The SMILES string of the molecule is CC1CCN(C(=O)N2CCC(N)CC2)CC1N(C)c1ncnc2[nH]ccc12. The molecule has 2 aromatic rings. The summed E-state index contributed by atoms with van der Waals surface area (Å²) in [5.74, 6) is 1.40. The molecule has 3 N–H and O–H groups in total. The molecule has 8 heteroatoms. The second-order valence-electron chi connectivity index (χ2n) is 7.93. The lowest BCUT2D eigenvalue weighted by atomic mass is 9.92. The molecule has 0 aromatic carbocycles. The van der Waals surface area contributed by atoms with E-state index in [9.17, 15) is 4.79 Å². The molecule has 0 bridgehead atoms. The Morgan fingerprint density at radius 2 is 1.96 bits per heavy atom. The van der Waals surface area contributed by atoms with Crippen molar-refractivity contribution in [1.82, 2.24) is 24.8 Å². The third-order valence-corrected chi connectivity index (χ3v) is 6.16. The van der Waals surface area contributed by atoms with Crippen molar-refractivity contribution in [3.05, 3.63) is 18.6 Å². The average molecular weight is 371 g/mol. The van der Waals surface area contributed by atoms with Gasteiger partial charge in [-0.05, 0) is 31.2 Å². The number of hydrogen-bond donors (Lipinski definition) is 2. The van der Waals surface area contributed by atoms with E-state index in [2.05, 4.69) is 33.8 Å². The van der Waals surface area contributed by atoms with Gasteiger partial charge in [0.15, 0.2) is 0 Å². The topological polar surface area (TPSA) is 94.4 Å². The Kier molecular flexibility index (Phi) is 4.90. The summed E-state index contributed by atoms with van der Waals surface area (Å²) >= 11 is 0. The van der Waals surface area contributed by atoms with E-state index in [1.54, 1.807) is 6.33 Å². The number of nitrogens with one attached hydrogen (secondary N) is 1. The minimum absolute atomic E-state index is 0.154. The van der Waals surface area contributed by atoms with Crippen LogP contribution in [0.2, 0.25) is 0 Å². The van der Waals surface area contributed by atoms with Gasteiger partial charge in [-0.3, -0.25) is 0 Å². The van der Waals surface area contributed by atoms with Crippen LogP contribution in [0.3, 0.4) is 0 Å². The number of piperidine rings is 2. The van der Waals surface area contributed by atoms with E-state index in [1.165, 1.54) is 0 Å². The average Bonchev–Trinajstić information content (AvgIpc) is 3.17. The number of amides is 2. The number of aromatic nitrogens is 3. The molecule has 0 spiro atoms. The van der Waals surface area contributed by atoms with Crippen molar-refractivity contribution in [3.8, 4) is 0 Å². The number of rotatable bonds is 2. The Labute approximate surface area is 159 Å². The zero-order valence-corrected chi connectivity index (χ0v) is 16.1.